The highest BCUT2D eigenvalue weighted by Gasteiger charge is 2.29. The van der Waals surface area contributed by atoms with Crippen LogP contribution < -0.4 is 16.0 Å². The predicted octanol–water partition coefficient (Wildman–Crippen LogP) is 2.36. The number of nitrogens with one attached hydrogen (secondary N) is 3. The molecule has 5 nitrogen and oxygen atoms in total. The molecule has 1 amide bonds. The van der Waals surface area contributed by atoms with Crippen LogP contribution in [0.5, 0.6) is 0 Å². The molecule has 0 aromatic rings. The third kappa shape index (κ3) is 9.07. The lowest BCUT2D eigenvalue weighted by atomic mass is 10.1. The van der Waals surface area contributed by atoms with Gasteiger partial charge in [-0.2, -0.15) is 11.8 Å². The van der Waals surface area contributed by atoms with Gasteiger partial charge < -0.3 is 16.0 Å². The van der Waals surface area contributed by atoms with E-state index in [1.807, 2.05) is 25.6 Å². The smallest absolute Gasteiger partial charge is 0.221 e. The molecule has 0 saturated carbocycles. The van der Waals surface area contributed by atoms with Crippen LogP contribution in [0, 0.1) is 0 Å². The van der Waals surface area contributed by atoms with Crippen molar-refractivity contribution in [3.8, 4) is 0 Å². The van der Waals surface area contributed by atoms with Gasteiger partial charge in [-0.3, -0.25) is 9.79 Å². The Balaban J connectivity index is 0.00000441. The molecule has 130 valence electrons. The van der Waals surface area contributed by atoms with E-state index < -0.39 is 0 Å². The fraction of sp³-hybridized carbons (Fsp3) is 0.867. The van der Waals surface area contributed by atoms with E-state index in [2.05, 4.69) is 34.8 Å². The van der Waals surface area contributed by atoms with E-state index in [0.29, 0.717) is 13.0 Å². The summed E-state index contributed by atoms with van der Waals surface area (Å²) in [6.07, 6.45) is 2.99. The van der Waals surface area contributed by atoms with Gasteiger partial charge in [-0.05, 0) is 46.3 Å². The number of hydrogen-bond donors (Lipinski definition) is 3. The summed E-state index contributed by atoms with van der Waals surface area (Å²) in [5.74, 6) is 2.13. The SMILES string of the molecule is CCNC(=NCC1(C)CCCS1)NCCC(=O)NC(C)C.I. The van der Waals surface area contributed by atoms with E-state index in [-0.39, 0.29) is 40.7 Å². The summed E-state index contributed by atoms with van der Waals surface area (Å²) >= 11 is 2.01. The van der Waals surface area contributed by atoms with Crippen molar-refractivity contribution in [1.82, 2.24) is 16.0 Å². The second kappa shape index (κ2) is 11.4. The molecule has 1 rings (SSSR count). The van der Waals surface area contributed by atoms with Gasteiger partial charge in [0.2, 0.25) is 5.91 Å². The van der Waals surface area contributed by atoms with Gasteiger partial charge in [-0.25, -0.2) is 0 Å². The third-order valence-corrected chi connectivity index (χ3v) is 4.83. The molecule has 1 saturated heterocycles. The average molecular weight is 442 g/mol. The molecule has 0 aromatic carbocycles. The predicted molar refractivity (Wildman–Crippen MR) is 107 cm³/mol. The van der Waals surface area contributed by atoms with Gasteiger partial charge in [0, 0.05) is 30.3 Å². The Bertz CT molecular complexity index is 357. The second-order valence-electron chi connectivity index (χ2n) is 6.00. The van der Waals surface area contributed by atoms with Crippen LogP contribution in [0.4, 0.5) is 0 Å². The molecule has 0 bridgehead atoms. The number of thioether (sulfide) groups is 1. The first kappa shape index (κ1) is 21.8. The van der Waals surface area contributed by atoms with Gasteiger partial charge in [-0.15, -0.1) is 24.0 Å². The number of nitrogens with zero attached hydrogens (tertiary/aromatic N) is 1. The molecule has 0 spiro atoms. The van der Waals surface area contributed by atoms with E-state index in [9.17, 15) is 4.79 Å². The summed E-state index contributed by atoms with van der Waals surface area (Å²) in [6.45, 7) is 10.5. The standard InChI is InChI=1S/C15H30N4OS.HI/c1-5-16-14(17-9-7-13(20)19-12(2)3)18-11-15(4)8-6-10-21-15;/h12H,5-11H2,1-4H3,(H,19,20)(H2,16,17,18);1H. The van der Waals surface area contributed by atoms with Crippen molar-refractivity contribution in [3.63, 3.8) is 0 Å². The Kier molecular flexibility index (Phi) is 11.3. The van der Waals surface area contributed by atoms with Crippen molar-refractivity contribution in [2.75, 3.05) is 25.4 Å². The molecule has 0 aromatic heterocycles. The lowest BCUT2D eigenvalue weighted by Crippen LogP contribution is -2.40. The molecule has 1 fully saturated rings. The van der Waals surface area contributed by atoms with Crippen molar-refractivity contribution in [3.05, 3.63) is 0 Å². The highest BCUT2D eigenvalue weighted by Crippen LogP contribution is 2.37. The number of carbonyl (C=O) groups excluding carboxylic acids is 1. The maximum atomic E-state index is 11.6. The Morgan fingerprint density at radius 3 is 2.64 bits per heavy atom. The highest BCUT2D eigenvalue weighted by atomic mass is 127. The van der Waals surface area contributed by atoms with Crippen molar-refractivity contribution >= 4 is 47.6 Å². The molecule has 1 aliphatic heterocycles. The second-order valence-corrected chi connectivity index (χ2v) is 7.68. The average Bonchev–Trinajstić information content (AvgIpc) is 2.82. The molecule has 7 heteroatoms. The normalized spacial score (nSPS) is 21.4. The van der Waals surface area contributed by atoms with Crippen LogP contribution in [0.3, 0.4) is 0 Å². The highest BCUT2D eigenvalue weighted by molar-refractivity contribution is 14.0. The molecule has 0 aliphatic carbocycles. The maximum absolute atomic E-state index is 11.6. The number of guanidine groups is 1. The number of halogens is 1. The maximum Gasteiger partial charge on any atom is 0.221 e. The lowest BCUT2D eigenvalue weighted by Gasteiger charge is -2.21. The Labute approximate surface area is 156 Å². The molecule has 1 atom stereocenters. The van der Waals surface area contributed by atoms with Crippen molar-refractivity contribution in [2.45, 2.75) is 57.7 Å². The summed E-state index contributed by atoms with van der Waals surface area (Å²) in [5, 5.41) is 9.36. The molecular weight excluding hydrogens is 411 g/mol. The van der Waals surface area contributed by atoms with Gasteiger partial charge in [0.05, 0.1) is 6.54 Å². The molecule has 1 aliphatic rings. The largest absolute Gasteiger partial charge is 0.357 e. The molecule has 0 radical (unpaired) electrons. The van der Waals surface area contributed by atoms with Crippen molar-refractivity contribution in [2.24, 2.45) is 4.99 Å². The number of rotatable bonds is 7. The van der Waals surface area contributed by atoms with Gasteiger partial charge >= 0.3 is 0 Å². The number of hydrogen-bond acceptors (Lipinski definition) is 3. The zero-order valence-corrected chi connectivity index (χ0v) is 17.3. The first-order valence-corrected chi connectivity index (χ1v) is 8.89. The Morgan fingerprint density at radius 1 is 1.36 bits per heavy atom. The van der Waals surface area contributed by atoms with Crippen molar-refractivity contribution in [1.29, 1.82) is 0 Å². The summed E-state index contributed by atoms with van der Waals surface area (Å²) in [7, 11) is 0. The summed E-state index contributed by atoms with van der Waals surface area (Å²) in [5.41, 5.74) is 0. The van der Waals surface area contributed by atoms with Crippen LogP contribution >= 0.6 is 35.7 Å². The van der Waals surface area contributed by atoms with Crippen LogP contribution in [0.1, 0.15) is 47.0 Å². The fourth-order valence-corrected chi connectivity index (χ4v) is 3.46. The quantitative estimate of drug-likeness (QED) is 0.322. The number of amides is 1. The summed E-state index contributed by atoms with van der Waals surface area (Å²) in [4.78, 5) is 16.3. The van der Waals surface area contributed by atoms with Crippen LogP contribution in [0.15, 0.2) is 4.99 Å². The van der Waals surface area contributed by atoms with E-state index in [4.69, 9.17) is 0 Å². The zero-order chi connectivity index (χ0) is 15.7. The first-order valence-electron chi connectivity index (χ1n) is 7.91. The minimum atomic E-state index is 0. The number of carbonyl (C=O) groups is 1. The zero-order valence-electron chi connectivity index (χ0n) is 14.2. The number of aliphatic imine (C=N–C) groups is 1. The van der Waals surface area contributed by atoms with Crippen LogP contribution in [0.2, 0.25) is 0 Å². The Hall–Kier alpha value is -0.180. The van der Waals surface area contributed by atoms with E-state index in [0.717, 1.165) is 19.0 Å². The molecule has 22 heavy (non-hydrogen) atoms. The fourth-order valence-electron chi connectivity index (χ4n) is 2.24. The van der Waals surface area contributed by atoms with Crippen LogP contribution in [-0.2, 0) is 4.79 Å². The van der Waals surface area contributed by atoms with Crippen molar-refractivity contribution < 1.29 is 4.79 Å². The van der Waals surface area contributed by atoms with E-state index in [1.165, 1.54) is 18.6 Å². The van der Waals surface area contributed by atoms with Gasteiger partial charge in [0.25, 0.3) is 0 Å². The first-order chi connectivity index (χ1) is 9.95. The summed E-state index contributed by atoms with van der Waals surface area (Å²) < 4.78 is 0.275. The van der Waals surface area contributed by atoms with Gasteiger partial charge in [0.1, 0.15) is 0 Å². The van der Waals surface area contributed by atoms with E-state index >= 15 is 0 Å². The van der Waals surface area contributed by atoms with Crippen LogP contribution in [0.25, 0.3) is 0 Å². The Morgan fingerprint density at radius 2 is 2.09 bits per heavy atom. The molecule has 1 heterocycles. The monoisotopic (exact) mass is 442 g/mol. The minimum Gasteiger partial charge on any atom is -0.357 e. The topological polar surface area (TPSA) is 65.5 Å². The molecule has 3 N–H and O–H groups in total. The molecular formula is C15H31IN4OS. The van der Waals surface area contributed by atoms with Crippen LogP contribution in [-0.4, -0.2) is 48.0 Å². The minimum absolute atomic E-state index is 0. The summed E-state index contributed by atoms with van der Waals surface area (Å²) in [6, 6.07) is 0.193. The molecule has 1 unspecified atom stereocenters. The van der Waals surface area contributed by atoms with E-state index in [1.54, 1.807) is 0 Å². The lowest BCUT2D eigenvalue weighted by molar-refractivity contribution is -0.121. The third-order valence-electron chi connectivity index (χ3n) is 3.31. The van der Waals surface area contributed by atoms with Gasteiger partial charge in [-0.1, -0.05) is 0 Å². The van der Waals surface area contributed by atoms with Gasteiger partial charge in [0.15, 0.2) is 5.96 Å².